The van der Waals surface area contributed by atoms with Crippen LogP contribution in [0.3, 0.4) is 0 Å². The topological polar surface area (TPSA) is 31.2 Å². The van der Waals surface area contributed by atoms with Crippen molar-refractivity contribution < 1.29 is 9.63 Å². The minimum absolute atomic E-state index is 0.149. The Labute approximate surface area is 164 Å². The molecule has 0 spiro atoms. The highest BCUT2D eigenvalue weighted by atomic mass is 32.1. The summed E-state index contributed by atoms with van der Waals surface area (Å²) in [5, 5.41) is 0. The summed E-state index contributed by atoms with van der Waals surface area (Å²) in [5.41, 5.74) is 0. The van der Waals surface area contributed by atoms with E-state index >= 15 is 0 Å². The Balaban J connectivity index is 1.69. The van der Waals surface area contributed by atoms with E-state index in [9.17, 15) is 4.79 Å². The van der Waals surface area contributed by atoms with Gasteiger partial charge in [0.25, 0.3) is 0 Å². The molecule has 2 rings (SSSR count). The summed E-state index contributed by atoms with van der Waals surface area (Å²) in [6.45, 7) is 2.26. The lowest BCUT2D eigenvalue weighted by atomic mass is 9.72. The Bertz CT molecular complexity index is 580. The number of aromatic nitrogens is 1. The van der Waals surface area contributed by atoms with Crippen molar-refractivity contribution in [1.82, 2.24) is 4.73 Å². The van der Waals surface area contributed by atoms with Crippen LogP contribution in [-0.2, 0) is 4.79 Å². The monoisotopic (exact) mass is 377 g/mol. The highest BCUT2D eigenvalue weighted by Crippen LogP contribution is 2.38. The number of carbonyl (C=O) groups excluding carboxylic acids is 1. The Morgan fingerprint density at radius 3 is 2.46 bits per heavy atom. The summed E-state index contributed by atoms with van der Waals surface area (Å²) >= 11 is 5.19. The van der Waals surface area contributed by atoms with Gasteiger partial charge < -0.3 is 4.84 Å². The van der Waals surface area contributed by atoms with Gasteiger partial charge in [-0.25, -0.2) is 4.79 Å². The fraction of sp³-hybridized carbons (Fsp3) is 0.727. The molecule has 0 aliphatic heterocycles. The van der Waals surface area contributed by atoms with E-state index in [1.165, 1.54) is 75.4 Å². The van der Waals surface area contributed by atoms with Crippen molar-refractivity contribution in [1.29, 1.82) is 0 Å². The minimum atomic E-state index is -0.149. The molecule has 1 heterocycles. The molecule has 1 atom stereocenters. The Morgan fingerprint density at radius 2 is 1.85 bits per heavy atom. The van der Waals surface area contributed by atoms with Gasteiger partial charge in [0.15, 0.2) is 0 Å². The first-order valence-electron chi connectivity index (χ1n) is 10.6. The summed E-state index contributed by atoms with van der Waals surface area (Å²) in [6, 6.07) is 5.45. The molecule has 1 aliphatic carbocycles. The van der Waals surface area contributed by atoms with E-state index in [1.807, 2.05) is 12.1 Å². The lowest BCUT2D eigenvalue weighted by Gasteiger charge is -2.33. The highest BCUT2D eigenvalue weighted by Gasteiger charge is 2.29. The van der Waals surface area contributed by atoms with E-state index in [1.54, 1.807) is 12.3 Å². The molecular formula is C22H35NO2S. The van der Waals surface area contributed by atoms with Crippen LogP contribution in [0.25, 0.3) is 0 Å². The minimum Gasteiger partial charge on any atom is -0.336 e. The van der Waals surface area contributed by atoms with Crippen molar-refractivity contribution in [3.8, 4) is 0 Å². The van der Waals surface area contributed by atoms with Crippen LogP contribution in [0.2, 0.25) is 0 Å². The zero-order valence-corrected chi connectivity index (χ0v) is 17.1. The maximum Gasteiger partial charge on any atom is 0.333 e. The first kappa shape index (κ1) is 21.1. The van der Waals surface area contributed by atoms with Crippen molar-refractivity contribution >= 4 is 18.2 Å². The zero-order valence-electron chi connectivity index (χ0n) is 16.3. The normalized spacial score (nSPS) is 15.4. The molecule has 0 aromatic carbocycles. The fourth-order valence-corrected chi connectivity index (χ4v) is 3.98. The van der Waals surface area contributed by atoms with Crippen molar-refractivity contribution in [2.45, 2.75) is 90.4 Å². The van der Waals surface area contributed by atoms with Gasteiger partial charge >= 0.3 is 5.97 Å². The van der Waals surface area contributed by atoms with Crippen LogP contribution < -0.4 is 4.84 Å². The van der Waals surface area contributed by atoms with Gasteiger partial charge in [-0.1, -0.05) is 95.8 Å². The maximum absolute atomic E-state index is 12.4. The second kappa shape index (κ2) is 12.3. The fourth-order valence-electron chi connectivity index (χ4n) is 3.81. The molecule has 1 aromatic rings. The van der Waals surface area contributed by atoms with E-state index in [-0.39, 0.29) is 5.97 Å². The van der Waals surface area contributed by atoms with Gasteiger partial charge in [-0.2, -0.15) is 4.73 Å². The molecule has 1 fully saturated rings. The molecule has 1 unspecified atom stereocenters. The van der Waals surface area contributed by atoms with Gasteiger partial charge in [0, 0.05) is 6.20 Å². The zero-order chi connectivity index (χ0) is 18.6. The molecule has 1 aromatic heterocycles. The molecule has 0 amide bonds. The second-order valence-electron chi connectivity index (χ2n) is 7.75. The first-order chi connectivity index (χ1) is 12.7. The quantitative estimate of drug-likeness (QED) is 0.290. The summed E-state index contributed by atoms with van der Waals surface area (Å²) in [6.07, 6.45) is 18.0. The van der Waals surface area contributed by atoms with Crippen LogP contribution in [0.5, 0.6) is 0 Å². The molecular weight excluding hydrogens is 342 g/mol. The molecule has 0 radical (unpaired) electrons. The van der Waals surface area contributed by atoms with Crippen LogP contribution in [0.1, 0.15) is 90.4 Å². The lowest BCUT2D eigenvalue weighted by molar-refractivity contribution is -0.146. The molecule has 4 heteroatoms. The molecule has 3 nitrogen and oxygen atoms in total. The molecule has 0 bridgehead atoms. The van der Waals surface area contributed by atoms with Gasteiger partial charge in [-0.3, -0.25) is 0 Å². The highest BCUT2D eigenvalue weighted by molar-refractivity contribution is 7.71. The average molecular weight is 378 g/mol. The van der Waals surface area contributed by atoms with Gasteiger partial charge in [0.05, 0.1) is 6.42 Å². The van der Waals surface area contributed by atoms with Gasteiger partial charge in [-0.05, 0) is 30.4 Å². The van der Waals surface area contributed by atoms with Gasteiger partial charge in [0.1, 0.15) is 4.64 Å². The van der Waals surface area contributed by atoms with E-state index in [2.05, 4.69) is 6.92 Å². The van der Waals surface area contributed by atoms with Crippen LogP contribution in [0.15, 0.2) is 24.4 Å². The Hall–Kier alpha value is -1.16. The maximum atomic E-state index is 12.4. The molecule has 0 N–H and O–H groups in total. The van der Waals surface area contributed by atoms with Gasteiger partial charge in [-0.15, -0.1) is 0 Å². The standard InChI is InChI=1S/C22H35NO2S/c1-2-3-4-5-6-7-8-9-13-20(19-14-12-15-19)18-22(24)25-23-17-11-10-16-21(23)26/h10-11,16-17,19-20H,2-9,12-15,18H2,1H3. The molecule has 26 heavy (non-hydrogen) atoms. The smallest absolute Gasteiger partial charge is 0.333 e. The van der Waals surface area contributed by atoms with Crippen LogP contribution >= 0.6 is 12.2 Å². The van der Waals surface area contributed by atoms with Crippen molar-refractivity contribution in [2.24, 2.45) is 11.8 Å². The molecule has 146 valence electrons. The van der Waals surface area contributed by atoms with Crippen molar-refractivity contribution in [3.05, 3.63) is 29.0 Å². The first-order valence-corrected chi connectivity index (χ1v) is 11.0. The lowest BCUT2D eigenvalue weighted by Crippen LogP contribution is -2.28. The second-order valence-corrected chi connectivity index (χ2v) is 8.16. The Morgan fingerprint density at radius 1 is 1.15 bits per heavy atom. The van der Waals surface area contributed by atoms with Crippen molar-refractivity contribution in [3.63, 3.8) is 0 Å². The van der Waals surface area contributed by atoms with E-state index < -0.39 is 0 Å². The number of hydrogen-bond acceptors (Lipinski definition) is 3. The third-order valence-corrected chi connectivity index (χ3v) is 5.98. The number of pyridine rings is 1. The van der Waals surface area contributed by atoms with Crippen LogP contribution in [-0.4, -0.2) is 10.7 Å². The molecule has 1 aliphatic rings. The van der Waals surface area contributed by atoms with E-state index in [0.717, 1.165) is 12.3 Å². The number of unbranched alkanes of at least 4 members (excludes halogenated alkanes) is 7. The number of carbonyl (C=O) groups is 1. The third-order valence-electron chi connectivity index (χ3n) is 5.66. The number of rotatable bonds is 13. The summed E-state index contributed by atoms with van der Waals surface area (Å²) in [5.74, 6) is 1.05. The molecule has 1 saturated carbocycles. The predicted octanol–water partition coefficient (Wildman–Crippen LogP) is 6.51. The summed E-state index contributed by atoms with van der Waals surface area (Å²) in [4.78, 5) is 17.8. The number of nitrogens with zero attached hydrogens (tertiary/aromatic N) is 1. The third kappa shape index (κ3) is 7.61. The van der Waals surface area contributed by atoms with Crippen LogP contribution in [0, 0.1) is 16.5 Å². The SMILES string of the molecule is CCCCCCCCCCC(CC(=O)On1ccccc1=S)C1CCC1. The summed E-state index contributed by atoms with van der Waals surface area (Å²) in [7, 11) is 0. The predicted molar refractivity (Wildman–Crippen MR) is 110 cm³/mol. The largest absolute Gasteiger partial charge is 0.336 e. The van der Waals surface area contributed by atoms with E-state index in [0.29, 0.717) is 17.0 Å². The van der Waals surface area contributed by atoms with Gasteiger partial charge in [0.2, 0.25) is 0 Å². The van der Waals surface area contributed by atoms with Crippen molar-refractivity contribution in [2.75, 3.05) is 0 Å². The molecule has 0 saturated heterocycles. The number of hydrogen-bond donors (Lipinski definition) is 0. The Kier molecular flexibility index (Phi) is 9.98. The summed E-state index contributed by atoms with van der Waals surface area (Å²) < 4.78 is 1.94. The average Bonchev–Trinajstić information content (AvgIpc) is 2.57. The van der Waals surface area contributed by atoms with E-state index in [4.69, 9.17) is 17.1 Å². The van der Waals surface area contributed by atoms with Crippen LogP contribution in [0.4, 0.5) is 0 Å².